The number of ether oxygens (including phenoxy) is 1. The summed E-state index contributed by atoms with van der Waals surface area (Å²) >= 11 is 0. The van der Waals surface area contributed by atoms with Crippen LogP contribution >= 0.6 is 0 Å². The number of hydrogen-bond acceptors (Lipinski definition) is 5. The predicted octanol–water partition coefficient (Wildman–Crippen LogP) is 4.48. The lowest BCUT2D eigenvalue weighted by Crippen LogP contribution is -2.30. The highest BCUT2D eigenvalue weighted by atomic mass is 16.5. The SMILES string of the molecule is C/C(=C\C=C\[C@H](C)c1ccccn1)[C@H]1OC(=O)C[C@@H](O)CC[C@@](C)(O)C/C=C/[C@@H]1C. The second kappa shape index (κ2) is 11.2. The molecular formula is C25H35NO4. The third-order valence-corrected chi connectivity index (χ3v) is 5.51. The van der Waals surface area contributed by atoms with Crippen LogP contribution in [0.25, 0.3) is 0 Å². The lowest BCUT2D eigenvalue weighted by atomic mass is 9.91. The van der Waals surface area contributed by atoms with Gasteiger partial charge in [0.2, 0.25) is 0 Å². The average molecular weight is 414 g/mol. The van der Waals surface area contributed by atoms with Gasteiger partial charge in [0, 0.05) is 23.7 Å². The highest BCUT2D eigenvalue weighted by Gasteiger charge is 2.26. The van der Waals surface area contributed by atoms with Gasteiger partial charge in [0.05, 0.1) is 18.1 Å². The molecule has 0 unspecified atom stereocenters. The largest absolute Gasteiger partial charge is 0.457 e. The van der Waals surface area contributed by atoms with E-state index in [0.717, 1.165) is 11.3 Å². The van der Waals surface area contributed by atoms with E-state index < -0.39 is 23.8 Å². The van der Waals surface area contributed by atoms with E-state index in [2.05, 4.69) is 18.0 Å². The second-order valence-electron chi connectivity index (χ2n) is 8.63. The molecular weight excluding hydrogens is 378 g/mol. The van der Waals surface area contributed by atoms with Crippen molar-refractivity contribution in [3.8, 4) is 0 Å². The lowest BCUT2D eigenvalue weighted by molar-refractivity contribution is -0.151. The minimum absolute atomic E-state index is 0.0563. The van der Waals surface area contributed by atoms with Crippen LogP contribution in [-0.4, -0.2) is 39.0 Å². The summed E-state index contributed by atoms with van der Waals surface area (Å²) in [5.74, 6) is -0.311. The molecule has 1 aliphatic heterocycles. The number of aliphatic hydroxyl groups excluding tert-OH is 1. The van der Waals surface area contributed by atoms with Gasteiger partial charge in [-0.2, -0.15) is 0 Å². The van der Waals surface area contributed by atoms with Crippen molar-refractivity contribution >= 4 is 5.97 Å². The zero-order valence-electron chi connectivity index (χ0n) is 18.5. The van der Waals surface area contributed by atoms with E-state index in [1.54, 1.807) is 13.1 Å². The van der Waals surface area contributed by atoms with E-state index >= 15 is 0 Å². The molecule has 0 aromatic carbocycles. The maximum Gasteiger partial charge on any atom is 0.309 e. The van der Waals surface area contributed by atoms with E-state index in [1.807, 2.05) is 56.4 Å². The van der Waals surface area contributed by atoms with Crippen molar-refractivity contribution in [1.29, 1.82) is 0 Å². The second-order valence-corrected chi connectivity index (χ2v) is 8.63. The van der Waals surface area contributed by atoms with Crippen molar-refractivity contribution in [3.63, 3.8) is 0 Å². The Morgan fingerprint density at radius 2 is 2.17 bits per heavy atom. The van der Waals surface area contributed by atoms with Gasteiger partial charge in [-0.25, -0.2) is 0 Å². The first-order valence-electron chi connectivity index (χ1n) is 10.7. The molecule has 5 atom stereocenters. The van der Waals surface area contributed by atoms with Gasteiger partial charge in [0.15, 0.2) is 0 Å². The molecule has 0 radical (unpaired) electrons. The lowest BCUT2D eigenvalue weighted by Gasteiger charge is -2.27. The Bertz CT molecular complexity index is 767. The fraction of sp³-hybridized carbons (Fsp3) is 0.520. The summed E-state index contributed by atoms with van der Waals surface area (Å²) in [6, 6.07) is 5.86. The summed E-state index contributed by atoms with van der Waals surface area (Å²) in [7, 11) is 0. The number of esters is 1. The van der Waals surface area contributed by atoms with Gasteiger partial charge < -0.3 is 14.9 Å². The van der Waals surface area contributed by atoms with E-state index in [4.69, 9.17) is 4.74 Å². The number of pyridine rings is 1. The molecule has 0 fully saturated rings. The van der Waals surface area contributed by atoms with Crippen LogP contribution in [-0.2, 0) is 9.53 Å². The minimum atomic E-state index is -0.898. The van der Waals surface area contributed by atoms with Crippen molar-refractivity contribution in [1.82, 2.24) is 4.98 Å². The van der Waals surface area contributed by atoms with E-state index in [9.17, 15) is 15.0 Å². The number of nitrogens with zero attached hydrogens (tertiary/aromatic N) is 1. The molecule has 1 aromatic rings. The summed E-state index contributed by atoms with van der Waals surface area (Å²) in [6.45, 7) is 7.77. The normalized spacial score (nSPS) is 31.5. The number of hydrogen-bond donors (Lipinski definition) is 2. The molecule has 0 saturated heterocycles. The molecule has 164 valence electrons. The fourth-order valence-electron chi connectivity index (χ4n) is 3.53. The molecule has 30 heavy (non-hydrogen) atoms. The minimum Gasteiger partial charge on any atom is -0.457 e. The highest BCUT2D eigenvalue weighted by Crippen LogP contribution is 2.25. The van der Waals surface area contributed by atoms with Crippen molar-refractivity contribution in [3.05, 3.63) is 66.0 Å². The summed E-state index contributed by atoms with van der Waals surface area (Å²) in [6.07, 6.45) is 11.7. The molecule has 0 amide bonds. The van der Waals surface area contributed by atoms with Crippen molar-refractivity contribution in [2.75, 3.05) is 0 Å². The third kappa shape index (κ3) is 7.88. The Morgan fingerprint density at radius 1 is 1.40 bits per heavy atom. The number of cyclic esters (lactones) is 1. The van der Waals surface area contributed by atoms with Crippen LogP contribution in [0.3, 0.4) is 0 Å². The first-order chi connectivity index (χ1) is 14.2. The number of allylic oxidation sites excluding steroid dienone is 3. The number of rotatable bonds is 4. The van der Waals surface area contributed by atoms with Gasteiger partial charge in [-0.1, -0.05) is 50.3 Å². The maximum absolute atomic E-state index is 12.4. The third-order valence-electron chi connectivity index (χ3n) is 5.51. The Hall–Kier alpha value is -2.24. The molecule has 0 bridgehead atoms. The molecule has 0 aliphatic carbocycles. The Morgan fingerprint density at radius 3 is 2.87 bits per heavy atom. The quantitative estimate of drug-likeness (QED) is 0.432. The zero-order valence-corrected chi connectivity index (χ0v) is 18.5. The van der Waals surface area contributed by atoms with Gasteiger partial charge in [-0.3, -0.25) is 9.78 Å². The van der Waals surface area contributed by atoms with Crippen LogP contribution in [0.2, 0.25) is 0 Å². The predicted molar refractivity (Wildman–Crippen MR) is 119 cm³/mol. The van der Waals surface area contributed by atoms with Gasteiger partial charge in [-0.05, 0) is 50.8 Å². The topological polar surface area (TPSA) is 79.7 Å². The molecule has 0 spiro atoms. The molecule has 1 aliphatic rings. The maximum atomic E-state index is 12.4. The van der Waals surface area contributed by atoms with Crippen LogP contribution in [0.5, 0.6) is 0 Å². The molecule has 5 nitrogen and oxygen atoms in total. The highest BCUT2D eigenvalue weighted by molar-refractivity contribution is 5.70. The van der Waals surface area contributed by atoms with Gasteiger partial charge in [0.25, 0.3) is 0 Å². The van der Waals surface area contributed by atoms with Crippen LogP contribution in [0, 0.1) is 5.92 Å². The molecule has 1 aromatic heterocycles. The summed E-state index contributed by atoms with van der Waals surface area (Å²) in [4.78, 5) is 16.7. The fourth-order valence-corrected chi connectivity index (χ4v) is 3.53. The van der Waals surface area contributed by atoms with Crippen molar-refractivity contribution in [2.45, 2.75) is 77.1 Å². The number of aliphatic hydroxyl groups is 2. The first-order valence-corrected chi connectivity index (χ1v) is 10.7. The van der Waals surface area contributed by atoms with Crippen LogP contribution in [0.1, 0.15) is 65.0 Å². The Labute approximate surface area is 180 Å². The Balaban J connectivity index is 2.16. The molecule has 2 N–H and O–H groups in total. The molecule has 0 saturated carbocycles. The average Bonchev–Trinajstić information content (AvgIpc) is 2.70. The number of aromatic nitrogens is 1. The van der Waals surface area contributed by atoms with Crippen LogP contribution < -0.4 is 0 Å². The van der Waals surface area contributed by atoms with Crippen LogP contribution in [0.15, 0.2) is 60.3 Å². The standard InChI is InChI=1S/C25H35NO4/c1-18(22-12-5-6-16-26-22)9-7-10-19(2)24-20(3)11-8-14-25(4,29)15-13-21(27)17-23(28)30-24/h5-12,16,18,20-21,24,27,29H,13-15,17H2,1-4H3/b9-7+,11-8+,19-10+/t18-,20-,21-,24+,25-/m0/s1. The van der Waals surface area contributed by atoms with E-state index in [0.29, 0.717) is 19.3 Å². The monoisotopic (exact) mass is 413 g/mol. The van der Waals surface area contributed by atoms with Gasteiger partial charge in [-0.15, -0.1) is 0 Å². The Kier molecular flexibility index (Phi) is 9.00. The van der Waals surface area contributed by atoms with Gasteiger partial charge in [0.1, 0.15) is 6.10 Å². The van der Waals surface area contributed by atoms with Gasteiger partial charge >= 0.3 is 5.97 Å². The first kappa shape index (κ1) is 24.0. The number of carbonyl (C=O) groups is 1. The summed E-state index contributed by atoms with van der Waals surface area (Å²) in [5, 5.41) is 20.6. The molecule has 2 heterocycles. The van der Waals surface area contributed by atoms with Crippen molar-refractivity contribution < 1.29 is 19.7 Å². The smallest absolute Gasteiger partial charge is 0.309 e. The number of carbonyl (C=O) groups excluding carboxylic acids is 1. The van der Waals surface area contributed by atoms with E-state index in [1.165, 1.54) is 0 Å². The molecule has 2 rings (SSSR count). The van der Waals surface area contributed by atoms with Crippen molar-refractivity contribution in [2.24, 2.45) is 5.92 Å². The van der Waals surface area contributed by atoms with E-state index in [-0.39, 0.29) is 18.3 Å². The van der Waals surface area contributed by atoms with Crippen LogP contribution in [0.4, 0.5) is 0 Å². The summed E-state index contributed by atoms with van der Waals surface area (Å²) < 4.78 is 5.73. The summed E-state index contributed by atoms with van der Waals surface area (Å²) in [5.41, 5.74) is 1.02. The molecule has 5 heteroatoms. The zero-order chi connectivity index (χ0) is 22.1.